The highest BCUT2D eigenvalue weighted by molar-refractivity contribution is 5.50. The number of methoxy groups -OCH3 is 1. The van der Waals surface area contributed by atoms with Crippen LogP contribution >= 0.6 is 0 Å². The molecule has 5 heteroatoms. The number of anilines is 2. The van der Waals surface area contributed by atoms with Gasteiger partial charge in [-0.05, 0) is 44.2 Å². The molecule has 2 aromatic rings. The molecule has 0 atom stereocenters. The van der Waals surface area contributed by atoms with E-state index >= 15 is 0 Å². The van der Waals surface area contributed by atoms with Gasteiger partial charge in [-0.1, -0.05) is 0 Å². The zero-order valence-electron chi connectivity index (χ0n) is 13.4. The van der Waals surface area contributed by atoms with Gasteiger partial charge in [0.2, 0.25) is 5.95 Å². The Hall–Kier alpha value is -2.30. The van der Waals surface area contributed by atoms with Crippen molar-refractivity contribution in [3.63, 3.8) is 0 Å². The van der Waals surface area contributed by atoms with E-state index in [4.69, 9.17) is 4.74 Å². The fraction of sp³-hybridized carbons (Fsp3) is 0.412. The summed E-state index contributed by atoms with van der Waals surface area (Å²) in [6.07, 6.45) is 0. The first-order chi connectivity index (χ1) is 10.7. The molecule has 1 fully saturated rings. The molecule has 5 nitrogen and oxygen atoms in total. The van der Waals surface area contributed by atoms with Crippen LogP contribution < -0.4 is 14.5 Å². The summed E-state index contributed by atoms with van der Waals surface area (Å²) in [6, 6.07) is 10.3. The van der Waals surface area contributed by atoms with E-state index in [-0.39, 0.29) is 0 Å². The first-order valence-electron chi connectivity index (χ1n) is 7.62. The van der Waals surface area contributed by atoms with Gasteiger partial charge >= 0.3 is 0 Å². The molecule has 1 aliphatic heterocycles. The molecule has 0 amide bonds. The summed E-state index contributed by atoms with van der Waals surface area (Å²) in [4.78, 5) is 13.8. The van der Waals surface area contributed by atoms with Crippen LogP contribution in [0.2, 0.25) is 0 Å². The first kappa shape index (κ1) is 14.6. The maximum absolute atomic E-state index is 5.21. The Kier molecular flexibility index (Phi) is 4.13. The predicted octanol–water partition coefficient (Wildman–Crippen LogP) is 2.43. The van der Waals surface area contributed by atoms with Crippen molar-refractivity contribution in [2.24, 2.45) is 0 Å². The Bertz CT molecular complexity index is 613. The van der Waals surface area contributed by atoms with Crippen molar-refractivity contribution >= 4 is 11.6 Å². The van der Waals surface area contributed by atoms with Crippen molar-refractivity contribution in [2.45, 2.75) is 13.8 Å². The van der Waals surface area contributed by atoms with E-state index in [9.17, 15) is 0 Å². The molecule has 0 unspecified atom stereocenters. The molecule has 1 aromatic carbocycles. The van der Waals surface area contributed by atoms with Gasteiger partial charge in [-0.2, -0.15) is 0 Å². The topological polar surface area (TPSA) is 41.5 Å². The summed E-state index contributed by atoms with van der Waals surface area (Å²) in [7, 11) is 1.69. The van der Waals surface area contributed by atoms with Gasteiger partial charge in [-0.3, -0.25) is 0 Å². The SMILES string of the molecule is COc1ccc(N2CCN(c3nc(C)cc(C)n3)CC2)cc1. The van der Waals surface area contributed by atoms with Crippen molar-refractivity contribution in [2.75, 3.05) is 43.1 Å². The largest absolute Gasteiger partial charge is 0.497 e. The highest BCUT2D eigenvalue weighted by Crippen LogP contribution is 2.21. The van der Waals surface area contributed by atoms with Crippen molar-refractivity contribution in [1.82, 2.24) is 9.97 Å². The predicted molar refractivity (Wildman–Crippen MR) is 88.9 cm³/mol. The minimum atomic E-state index is 0.854. The van der Waals surface area contributed by atoms with E-state index < -0.39 is 0 Å². The van der Waals surface area contributed by atoms with Crippen LogP contribution in [-0.4, -0.2) is 43.3 Å². The molecule has 0 saturated carbocycles. The van der Waals surface area contributed by atoms with E-state index in [1.54, 1.807) is 7.11 Å². The Labute approximate surface area is 131 Å². The number of aryl methyl sites for hydroxylation is 2. The molecular weight excluding hydrogens is 276 g/mol. The lowest BCUT2D eigenvalue weighted by atomic mass is 10.2. The molecule has 2 heterocycles. The van der Waals surface area contributed by atoms with E-state index in [0.717, 1.165) is 49.3 Å². The van der Waals surface area contributed by atoms with Crippen LogP contribution in [0, 0.1) is 13.8 Å². The second-order valence-corrected chi connectivity index (χ2v) is 5.62. The molecule has 0 N–H and O–H groups in total. The average molecular weight is 298 g/mol. The summed E-state index contributed by atoms with van der Waals surface area (Å²) in [5.74, 6) is 1.75. The maximum Gasteiger partial charge on any atom is 0.225 e. The lowest BCUT2D eigenvalue weighted by Crippen LogP contribution is -2.47. The van der Waals surface area contributed by atoms with Crippen LogP contribution in [-0.2, 0) is 0 Å². The third kappa shape index (κ3) is 3.13. The number of hydrogen-bond acceptors (Lipinski definition) is 5. The van der Waals surface area contributed by atoms with Crippen LogP contribution in [0.15, 0.2) is 30.3 Å². The molecule has 22 heavy (non-hydrogen) atoms. The van der Waals surface area contributed by atoms with E-state index in [1.165, 1.54) is 5.69 Å². The number of piperazine rings is 1. The van der Waals surface area contributed by atoms with Crippen LogP contribution in [0.25, 0.3) is 0 Å². The normalized spacial score (nSPS) is 15.0. The molecule has 0 aliphatic carbocycles. The zero-order chi connectivity index (χ0) is 15.5. The van der Waals surface area contributed by atoms with Gasteiger partial charge in [-0.25, -0.2) is 9.97 Å². The average Bonchev–Trinajstić information content (AvgIpc) is 2.54. The van der Waals surface area contributed by atoms with Crippen molar-refractivity contribution in [1.29, 1.82) is 0 Å². The van der Waals surface area contributed by atoms with Gasteiger partial charge < -0.3 is 14.5 Å². The second kappa shape index (κ2) is 6.22. The number of benzene rings is 1. The van der Waals surface area contributed by atoms with Gasteiger partial charge in [0.15, 0.2) is 0 Å². The molecule has 0 spiro atoms. The van der Waals surface area contributed by atoms with Crippen LogP contribution in [0.4, 0.5) is 11.6 Å². The molecule has 1 aliphatic rings. The second-order valence-electron chi connectivity index (χ2n) is 5.62. The number of ether oxygens (including phenoxy) is 1. The molecule has 0 bridgehead atoms. The quantitative estimate of drug-likeness (QED) is 0.870. The minimum Gasteiger partial charge on any atom is -0.497 e. The fourth-order valence-electron chi connectivity index (χ4n) is 2.81. The van der Waals surface area contributed by atoms with E-state index in [0.29, 0.717) is 0 Å². The Balaban J connectivity index is 1.66. The Morgan fingerprint density at radius 3 is 1.95 bits per heavy atom. The number of aromatic nitrogens is 2. The number of hydrogen-bond donors (Lipinski definition) is 0. The maximum atomic E-state index is 5.21. The molecule has 0 radical (unpaired) electrons. The smallest absolute Gasteiger partial charge is 0.225 e. The van der Waals surface area contributed by atoms with Gasteiger partial charge in [-0.15, -0.1) is 0 Å². The van der Waals surface area contributed by atoms with Crippen LogP contribution in [0.1, 0.15) is 11.4 Å². The van der Waals surface area contributed by atoms with Crippen molar-refractivity contribution in [3.8, 4) is 5.75 Å². The van der Waals surface area contributed by atoms with Gasteiger partial charge in [0.25, 0.3) is 0 Å². The highest BCUT2D eigenvalue weighted by Gasteiger charge is 2.19. The van der Waals surface area contributed by atoms with Crippen molar-refractivity contribution < 1.29 is 4.74 Å². The lowest BCUT2D eigenvalue weighted by Gasteiger charge is -2.36. The third-order valence-corrected chi connectivity index (χ3v) is 3.97. The lowest BCUT2D eigenvalue weighted by molar-refractivity contribution is 0.415. The number of rotatable bonds is 3. The third-order valence-electron chi connectivity index (χ3n) is 3.97. The van der Waals surface area contributed by atoms with E-state index in [1.807, 2.05) is 32.0 Å². The Morgan fingerprint density at radius 2 is 1.41 bits per heavy atom. The van der Waals surface area contributed by atoms with E-state index in [2.05, 4.69) is 31.9 Å². The minimum absolute atomic E-state index is 0.854. The fourth-order valence-corrected chi connectivity index (χ4v) is 2.81. The monoisotopic (exact) mass is 298 g/mol. The molecule has 1 saturated heterocycles. The van der Waals surface area contributed by atoms with Crippen LogP contribution in [0.5, 0.6) is 5.75 Å². The standard InChI is InChI=1S/C17H22N4O/c1-13-12-14(2)19-17(18-13)21-10-8-20(9-11-21)15-4-6-16(22-3)7-5-15/h4-7,12H,8-11H2,1-3H3. The zero-order valence-corrected chi connectivity index (χ0v) is 13.4. The molecular formula is C17H22N4O. The summed E-state index contributed by atoms with van der Waals surface area (Å²) in [5, 5.41) is 0. The number of nitrogens with zero attached hydrogens (tertiary/aromatic N) is 4. The highest BCUT2D eigenvalue weighted by atomic mass is 16.5. The van der Waals surface area contributed by atoms with Gasteiger partial charge in [0.1, 0.15) is 5.75 Å². The van der Waals surface area contributed by atoms with Gasteiger partial charge in [0, 0.05) is 43.3 Å². The molecule has 116 valence electrons. The molecule has 1 aromatic heterocycles. The summed E-state index contributed by atoms with van der Waals surface area (Å²) < 4.78 is 5.21. The van der Waals surface area contributed by atoms with Gasteiger partial charge in [0.05, 0.1) is 7.11 Å². The van der Waals surface area contributed by atoms with Crippen LogP contribution in [0.3, 0.4) is 0 Å². The first-order valence-corrected chi connectivity index (χ1v) is 7.62. The molecule has 3 rings (SSSR count). The van der Waals surface area contributed by atoms with Crippen molar-refractivity contribution in [3.05, 3.63) is 41.7 Å². The summed E-state index contributed by atoms with van der Waals surface area (Å²) in [5.41, 5.74) is 3.29. The summed E-state index contributed by atoms with van der Waals surface area (Å²) >= 11 is 0. The summed E-state index contributed by atoms with van der Waals surface area (Å²) in [6.45, 7) is 7.87. The Morgan fingerprint density at radius 1 is 0.864 bits per heavy atom.